The van der Waals surface area contributed by atoms with Crippen LogP contribution in [0.25, 0.3) is 22.3 Å². The van der Waals surface area contributed by atoms with Crippen LogP contribution in [0.4, 0.5) is 5.82 Å². The molecular formula is C28H31N7O2. The van der Waals surface area contributed by atoms with Crippen LogP contribution in [0.2, 0.25) is 0 Å². The molecule has 1 saturated heterocycles. The van der Waals surface area contributed by atoms with Crippen LogP contribution in [0.1, 0.15) is 41.2 Å². The van der Waals surface area contributed by atoms with Gasteiger partial charge in [0.2, 0.25) is 5.91 Å². The maximum absolute atomic E-state index is 12.7. The number of anilines is 1. The van der Waals surface area contributed by atoms with Crippen molar-refractivity contribution in [3.63, 3.8) is 0 Å². The average molecular weight is 498 g/mol. The molecule has 0 atom stereocenters. The molecule has 1 fully saturated rings. The minimum atomic E-state index is -0.0276. The van der Waals surface area contributed by atoms with E-state index in [0.29, 0.717) is 18.8 Å². The molecule has 0 aromatic carbocycles. The number of aromatic amines is 2. The third kappa shape index (κ3) is 5.16. The van der Waals surface area contributed by atoms with E-state index in [1.165, 1.54) is 0 Å². The number of carbonyl (C=O) groups is 2. The average Bonchev–Trinajstić information content (AvgIpc) is 3.46. The van der Waals surface area contributed by atoms with Gasteiger partial charge in [-0.05, 0) is 57.5 Å². The van der Waals surface area contributed by atoms with E-state index < -0.39 is 0 Å². The first-order valence-corrected chi connectivity index (χ1v) is 12.5. The van der Waals surface area contributed by atoms with Gasteiger partial charge in [-0.15, -0.1) is 0 Å². The maximum atomic E-state index is 12.7. The molecule has 37 heavy (non-hydrogen) atoms. The van der Waals surface area contributed by atoms with E-state index in [1.54, 1.807) is 12.3 Å². The van der Waals surface area contributed by atoms with Gasteiger partial charge >= 0.3 is 0 Å². The smallest absolute Gasteiger partial charge is 0.246 e. The molecular weight excluding hydrogens is 466 g/mol. The Balaban J connectivity index is 1.30. The van der Waals surface area contributed by atoms with E-state index >= 15 is 0 Å². The zero-order valence-corrected chi connectivity index (χ0v) is 21.6. The molecule has 2 N–H and O–H groups in total. The van der Waals surface area contributed by atoms with Gasteiger partial charge in [-0.25, -0.2) is 9.97 Å². The Hall–Kier alpha value is -4.27. The molecule has 0 unspecified atom stereocenters. The molecule has 1 amide bonds. The zero-order valence-electron chi connectivity index (χ0n) is 21.6. The van der Waals surface area contributed by atoms with Crippen LogP contribution >= 0.6 is 0 Å². The number of fused-ring (bicyclic) bond motifs is 1. The molecule has 1 aliphatic rings. The van der Waals surface area contributed by atoms with Gasteiger partial charge in [0.15, 0.2) is 5.78 Å². The second-order valence-electron chi connectivity index (χ2n) is 9.82. The standard InChI is InChI=1S/C28H31N7O2/c1-17(2)11-26(37)35-9-7-34(8-10-35)25-15-21(5-6-29-25)23-14-22-12-20(16-30-28(22)31-23)13-24(36)27-18(3)19(4)32-33-27/h5-6,11-12,14-16H,7-10,13H2,1-4H3,(H,30,31)(H,32,33). The second-order valence-corrected chi connectivity index (χ2v) is 9.82. The first-order chi connectivity index (χ1) is 17.8. The predicted octanol–water partition coefficient (Wildman–Crippen LogP) is 4.01. The molecule has 0 radical (unpaired) electrons. The fourth-order valence-electron chi connectivity index (χ4n) is 4.59. The van der Waals surface area contributed by atoms with Crippen LogP contribution in [0.3, 0.4) is 0 Å². The maximum Gasteiger partial charge on any atom is 0.246 e. The van der Waals surface area contributed by atoms with Crippen molar-refractivity contribution in [3.05, 3.63) is 70.8 Å². The Morgan fingerprint density at radius 2 is 1.84 bits per heavy atom. The van der Waals surface area contributed by atoms with Gasteiger partial charge in [0.25, 0.3) is 0 Å². The van der Waals surface area contributed by atoms with Gasteiger partial charge in [0.1, 0.15) is 17.2 Å². The molecule has 1 aliphatic heterocycles. The number of nitrogens with zero attached hydrogens (tertiary/aromatic N) is 5. The number of pyridine rings is 2. The molecule has 4 aromatic heterocycles. The lowest BCUT2D eigenvalue weighted by atomic mass is 10.0. The molecule has 0 saturated carbocycles. The number of piperazine rings is 1. The third-order valence-corrected chi connectivity index (χ3v) is 6.79. The van der Waals surface area contributed by atoms with Crippen molar-refractivity contribution in [2.24, 2.45) is 0 Å². The Morgan fingerprint density at radius 1 is 1.05 bits per heavy atom. The van der Waals surface area contributed by atoms with Crippen molar-refractivity contribution in [2.75, 3.05) is 31.1 Å². The highest BCUT2D eigenvalue weighted by molar-refractivity contribution is 5.97. The van der Waals surface area contributed by atoms with Crippen molar-refractivity contribution in [3.8, 4) is 11.3 Å². The number of amides is 1. The SMILES string of the molecule is CC(C)=CC(=O)N1CCN(c2cc(-c3cc4cc(CC(=O)c5n[nH]c(C)c5C)cnc4[nH]3)ccn2)CC1. The summed E-state index contributed by atoms with van der Waals surface area (Å²) in [7, 11) is 0. The van der Waals surface area contributed by atoms with Gasteiger partial charge in [0, 0.05) is 79.0 Å². The summed E-state index contributed by atoms with van der Waals surface area (Å²) in [5, 5.41) is 7.98. The van der Waals surface area contributed by atoms with Crippen LogP contribution < -0.4 is 4.90 Å². The van der Waals surface area contributed by atoms with E-state index in [2.05, 4.69) is 42.2 Å². The van der Waals surface area contributed by atoms with Crippen molar-refractivity contribution in [1.82, 2.24) is 30.0 Å². The monoisotopic (exact) mass is 497 g/mol. The topological polar surface area (TPSA) is 111 Å². The van der Waals surface area contributed by atoms with E-state index in [1.807, 2.05) is 50.9 Å². The third-order valence-electron chi connectivity index (χ3n) is 6.79. The Kier molecular flexibility index (Phi) is 6.60. The summed E-state index contributed by atoms with van der Waals surface area (Å²) in [6.07, 6.45) is 5.49. The van der Waals surface area contributed by atoms with Crippen LogP contribution in [0.15, 0.2) is 48.3 Å². The zero-order chi connectivity index (χ0) is 26.1. The lowest BCUT2D eigenvalue weighted by Gasteiger charge is -2.35. The summed E-state index contributed by atoms with van der Waals surface area (Å²) in [4.78, 5) is 41.7. The molecule has 190 valence electrons. The van der Waals surface area contributed by atoms with Crippen LogP contribution in [0.5, 0.6) is 0 Å². The number of carbonyl (C=O) groups excluding carboxylic acids is 2. The van der Waals surface area contributed by atoms with E-state index in [0.717, 1.165) is 63.6 Å². The number of nitrogens with one attached hydrogen (secondary N) is 2. The van der Waals surface area contributed by atoms with Gasteiger partial charge in [-0.1, -0.05) is 5.57 Å². The van der Waals surface area contributed by atoms with Crippen LogP contribution in [0, 0.1) is 13.8 Å². The van der Waals surface area contributed by atoms with Gasteiger partial charge in [0.05, 0.1) is 0 Å². The summed E-state index contributed by atoms with van der Waals surface area (Å²) < 4.78 is 0. The molecule has 0 aliphatic carbocycles. The highest BCUT2D eigenvalue weighted by atomic mass is 16.2. The summed E-state index contributed by atoms with van der Waals surface area (Å²) in [5.74, 6) is 0.928. The van der Waals surface area contributed by atoms with Gasteiger partial charge in [-0.3, -0.25) is 14.7 Å². The minimum Gasteiger partial charge on any atom is -0.353 e. The normalized spacial score (nSPS) is 13.7. The van der Waals surface area contributed by atoms with E-state index in [4.69, 9.17) is 0 Å². The van der Waals surface area contributed by atoms with Crippen molar-refractivity contribution in [1.29, 1.82) is 0 Å². The first-order valence-electron chi connectivity index (χ1n) is 12.5. The van der Waals surface area contributed by atoms with E-state index in [9.17, 15) is 9.59 Å². The van der Waals surface area contributed by atoms with Crippen molar-refractivity contribution >= 4 is 28.5 Å². The van der Waals surface area contributed by atoms with Crippen LogP contribution in [-0.2, 0) is 11.2 Å². The molecule has 5 rings (SSSR count). The summed E-state index contributed by atoms with van der Waals surface area (Å²) in [5.41, 5.74) is 6.84. The Bertz CT molecular complexity index is 1500. The lowest BCUT2D eigenvalue weighted by Crippen LogP contribution is -2.48. The summed E-state index contributed by atoms with van der Waals surface area (Å²) in [6.45, 7) is 10.5. The highest BCUT2D eigenvalue weighted by Gasteiger charge is 2.21. The fourth-order valence-corrected chi connectivity index (χ4v) is 4.59. The highest BCUT2D eigenvalue weighted by Crippen LogP contribution is 2.27. The fraction of sp³-hybridized carbons (Fsp3) is 0.321. The molecule has 0 bridgehead atoms. The molecule has 5 heterocycles. The number of rotatable bonds is 6. The summed E-state index contributed by atoms with van der Waals surface area (Å²) >= 11 is 0. The van der Waals surface area contributed by atoms with Crippen molar-refractivity contribution < 1.29 is 9.59 Å². The van der Waals surface area contributed by atoms with Gasteiger partial charge < -0.3 is 14.8 Å². The number of H-pyrrole nitrogens is 2. The number of hydrogen-bond acceptors (Lipinski definition) is 6. The lowest BCUT2D eigenvalue weighted by molar-refractivity contribution is -0.126. The van der Waals surface area contributed by atoms with Crippen LogP contribution in [-0.4, -0.2) is 67.9 Å². The number of aryl methyl sites for hydroxylation is 1. The number of aromatic nitrogens is 5. The van der Waals surface area contributed by atoms with E-state index in [-0.39, 0.29) is 18.1 Å². The second kappa shape index (κ2) is 10.0. The quantitative estimate of drug-likeness (QED) is 0.308. The number of allylic oxidation sites excluding steroid dienone is 1. The Labute approximate surface area is 215 Å². The largest absolute Gasteiger partial charge is 0.353 e. The summed E-state index contributed by atoms with van der Waals surface area (Å²) in [6, 6.07) is 8.08. The minimum absolute atomic E-state index is 0.0276. The number of ketones is 1. The number of hydrogen-bond donors (Lipinski definition) is 2. The molecule has 0 spiro atoms. The molecule has 9 heteroatoms. The molecule has 4 aromatic rings. The number of Topliss-reactive ketones (excluding diaryl/α,β-unsaturated/α-hetero) is 1. The predicted molar refractivity (Wildman–Crippen MR) is 144 cm³/mol. The molecule has 9 nitrogen and oxygen atoms in total. The van der Waals surface area contributed by atoms with Crippen molar-refractivity contribution in [2.45, 2.75) is 34.1 Å². The van der Waals surface area contributed by atoms with Gasteiger partial charge in [-0.2, -0.15) is 5.10 Å². The Morgan fingerprint density at radius 3 is 2.54 bits per heavy atom. The first kappa shape index (κ1) is 24.4.